The quantitative estimate of drug-likeness (QED) is 0.579. The van der Waals surface area contributed by atoms with E-state index in [2.05, 4.69) is 25.8 Å². The molecule has 21 heavy (non-hydrogen) atoms. The summed E-state index contributed by atoms with van der Waals surface area (Å²) in [6.45, 7) is 0.782. The molecule has 4 aromatic rings. The lowest BCUT2D eigenvalue weighted by Gasteiger charge is -2.00. The fourth-order valence-corrected chi connectivity index (χ4v) is 2.91. The van der Waals surface area contributed by atoms with Crippen LogP contribution in [0.2, 0.25) is 0 Å². The molecule has 104 valence electrons. The fraction of sp³-hybridized carbons (Fsp3) is 0.133. The van der Waals surface area contributed by atoms with Crippen molar-refractivity contribution in [2.75, 3.05) is 0 Å². The highest BCUT2D eigenvalue weighted by Crippen LogP contribution is 2.22. The zero-order chi connectivity index (χ0) is 14.1. The fourth-order valence-electron chi connectivity index (χ4n) is 2.26. The molecule has 0 bridgehead atoms. The molecule has 4 rings (SSSR count). The Morgan fingerprint density at radius 3 is 3.00 bits per heavy atom. The van der Waals surface area contributed by atoms with Crippen LogP contribution in [0.1, 0.15) is 5.82 Å². The van der Waals surface area contributed by atoms with Crippen molar-refractivity contribution in [2.45, 2.75) is 13.0 Å². The van der Waals surface area contributed by atoms with Crippen LogP contribution in [0.15, 0.2) is 52.6 Å². The molecular formula is C15H12N4OS. The Labute approximate surface area is 124 Å². The average Bonchev–Trinajstić information content (AvgIpc) is 3.25. The molecule has 0 radical (unpaired) electrons. The molecule has 0 N–H and O–H groups in total. The molecule has 0 saturated carbocycles. The van der Waals surface area contributed by atoms with Crippen LogP contribution >= 0.6 is 11.3 Å². The molecule has 0 atom stereocenters. The second kappa shape index (κ2) is 5.14. The van der Waals surface area contributed by atoms with Gasteiger partial charge in [-0.1, -0.05) is 23.4 Å². The summed E-state index contributed by atoms with van der Waals surface area (Å²) >= 11 is 1.60. The number of fused-ring (bicyclic) bond motifs is 1. The monoisotopic (exact) mass is 296 g/mol. The van der Waals surface area contributed by atoms with Crippen LogP contribution < -0.4 is 0 Å². The summed E-state index contributed by atoms with van der Waals surface area (Å²) in [6, 6.07) is 12.0. The molecule has 1 aromatic carbocycles. The smallest absolute Gasteiger partial charge is 0.267 e. The first kappa shape index (κ1) is 12.3. The number of aryl methyl sites for hydroxylation is 2. The maximum Gasteiger partial charge on any atom is 0.267 e. The van der Waals surface area contributed by atoms with E-state index in [9.17, 15) is 0 Å². The molecule has 0 spiro atoms. The molecule has 0 amide bonds. The topological polar surface area (TPSA) is 56.7 Å². The minimum atomic E-state index is 0.593. The highest BCUT2D eigenvalue weighted by molar-refractivity contribution is 7.13. The summed E-state index contributed by atoms with van der Waals surface area (Å²) < 4.78 is 7.40. The van der Waals surface area contributed by atoms with Crippen molar-refractivity contribution in [3.05, 3.63) is 53.9 Å². The third kappa shape index (κ3) is 2.34. The third-order valence-electron chi connectivity index (χ3n) is 3.30. The van der Waals surface area contributed by atoms with Gasteiger partial charge in [0.25, 0.3) is 5.89 Å². The van der Waals surface area contributed by atoms with Gasteiger partial charge in [0.05, 0.1) is 22.2 Å². The molecule has 0 aliphatic rings. The number of imidazole rings is 1. The van der Waals surface area contributed by atoms with Crippen molar-refractivity contribution < 1.29 is 4.52 Å². The second-order valence-electron chi connectivity index (χ2n) is 4.67. The number of thiophene rings is 1. The van der Waals surface area contributed by atoms with Crippen LogP contribution in [0.4, 0.5) is 0 Å². The number of rotatable bonds is 4. The SMILES string of the molecule is c1csc(-c2nc(CCn3cnc4ccccc43)no2)c1. The Kier molecular flexibility index (Phi) is 3.01. The summed E-state index contributed by atoms with van der Waals surface area (Å²) in [5, 5.41) is 6.04. The van der Waals surface area contributed by atoms with Crippen LogP contribution in [0.3, 0.4) is 0 Å². The summed E-state index contributed by atoms with van der Waals surface area (Å²) in [5.41, 5.74) is 2.13. The van der Waals surface area contributed by atoms with Crippen LogP contribution in [0.5, 0.6) is 0 Å². The summed E-state index contributed by atoms with van der Waals surface area (Å²) in [5.74, 6) is 1.31. The van der Waals surface area contributed by atoms with Crippen molar-refractivity contribution in [1.82, 2.24) is 19.7 Å². The highest BCUT2D eigenvalue weighted by atomic mass is 32.1. The molecule has 6 heteroatoms. The first-order valence-electron chi connectivity index (χ1n) is 6.66. The van der Waals surface area contributed by atoms with Gasteiger partial charge in [0, 0.05) is 13.0 Å². The lowest BCUT2D eigenvalue weighted by molar-refractivity contribution is 0.421. The minimum absolute atomic E-state index is 0.593. The van der Waals surface area contributed by atoms with Crippen molar-refractivity contribution in [3.63, 3.8) is 0 Å². The van der Waals surface area contributed by atoms with Gasteiger partial charge in [-0.25, -0.2) is 4.98 Å². The van der Waals surface area contributed by atoms with E-state index < -0.39 is 0 Å². The third-order valence-corrected chi connectivity index (χ3v) is 4.16. The van der Waals surface area contributed by atoms with Crippen molar-refractivity contribution in [2.24, 2.45) is 0 Å². The molecule has 0 unspecified atom stereocenters. The van der Waals surface area contributed by atoms with E-state index in [1.54, 1.807) is 11.3 Å². The lowest BCUT2D eigenvalue weighted by Crippen LogP contribution is -2.01. The van der Waals surface area contributed by atoms with E-state index in [-0.39, 0.29) is 0 Å². The maximum absolute atomic E-state index is 5.29. The van der Waals surface area contributed by atoms with Crippen molar-refractivity contribution >= 4 is 22.4 Å². The average molecular weight is 296 g/mol. The van der Waals surface area contributed by atoms with E-state index in [0.717, 1.165) is 34.7 Å². The van der Waals surface area contributed by atoms with Gasteiger partial charge in [-0.05, 0) is 23.6 Å². The van der Waals surface area contributed by atoms with Gasteiger partial charge in [-0.3, -0.25) is 0 Å². The van der Waals surface area contributed by atoms with E-state index in [1.807, 2.05) is 42.0 Å². The molecule has 0 fully saturated rings. The molecule has 0 aliphatic heterocycles. The normalized spacial score (nSPS) is 11.2. The Hall–Kier alpha value is -2.47. The Morgan fingerprint density at radius 2 is 2.10 bits per heavy atom. The first-order valence-corrected chi connectivity index (χ1v) is 7.54. The molecule has 3 aromatic heterocycles. The zero-order valence-corrected chi connectivity index (χ0v) is 12.0. The van der Waals surface area contributed by atoms with E-state index in [1.165, 1.54) is 0 Å². The minimum Gasteiger partial charge on any atom is -0.333 e. The lowest BCUT2D eigenvalue weighted by atomic mass is 10.3. The van der Waals surface area contributed by atoms with Gasteiger partial charge >= 0.3 is 0 Å². The number of hydrogen-bond acceptors (Lipinski definition) is 5. The predicted octanol–water partition coefficient (Wildman–Crippen LogP) is 3.39. The van der Waals surface area contributed by atoms with Gasteiger partial charge in [-0.2, -0.15) is 4.98 Å². The van der Waals surface area contributed by atoms with Gasteiger partial charge < -0.3 is 9.09 Å². The Bertz CT molecular complexity index is 863. The Balaban J connectivity index is 1.52. The van der Waals surface area contributed by atoms with E-state index in [4.69, 9.17) is 4.52 Å². The highest BCUT2D eigenvalue weighted by Gasteiger charge is 2.10. The number of benzene rings is 1. The second-order valence-corrected chi connectivity index (χ2v) is 5.62. The van der Waals surface area contributed by atoms with Crippen LogP contribution in [0, 0.1) is 0 Å². The number of nitrogens with zero attached hydrogens (tertiary/aromatic N) is 4. The summed E-state index contributed by atoms with van der Waals surface area (Å²) in [4.78, 5) is 9.81. The zero-order valence-electron chi connectivity index (χ0n) is 11.1. The molecule has 5 nitrogen and oxygen atoms in total. The van der Waals surface area contributed by atoms with E-state index >= 15 is 0 Å². The predicted molar refractivity (Wildman–Crippen MR) is 81.0 cm³/mol. The number of hydrogen-bond donors (Lipinski definition) is 0. The van der Waals surface area contributed by atoms with Crippen LogP contribution in [-0.4, -0.2) is 19.7 Å². The summed E-state index contributed by atoms with van der Waals surface area (Å²) in [6.07, 6.45) is 2.57. The summed E-state index contributed by atoms with van der Waals surface area (Å²) in [7, 11) is 0. The largest absolute Gasteiger partial charge is 0.333 e. The van der Waals surface area contributed by atoms with Crippen LogP contribution in [-0.2, 0) is 13.0 Å². The first-order chi connectivity index (χ1) is 10.4. The number of aromatic nitrogens is 4. The molecular weight excluding hydrogens is 284 g/mol. The standard InChI is InChI=1S/C15H12N4OS/c1-2-5-12-11(4-1)16-10-19(12)8-7-14-17-15(20-18-14)13-6-3-9-21-13/h1-6,9-10H,7-8H2. The van der Waals surface area contributed by atoms with Crippen molar-refractivity contribution in [1.29, 1.82) is 0 Å². The molecule has 3 heterocycles. The molecule has 0 saturated heterocycles. The molecule has 0 aliphatic carbocycles. The van der Waals surface area contributed by atoms with E-state index in [0.29, 0.717) is 5.89 Å². The van der Waals surface area contributed by atoms with Gasteiger partial charge in [-0.15, -0.1) is 11.3 Å². The maximum atomic E-state index is 5.29. The van der Waals surface area contributed by atoms with Crippen molar-refractivity contribution in [3.8, 4) is 10.8 Å². The van der Waals surface area contributed by atoms with Gasteiger partial charge in [0.1, 0.15) is 0 Å². The van der Waals surface area contributed by atoms with Crippen LogP contribution in [0.25, 0.3) is 21.8 Å². The van der Waals surface area contributed by atoms with Gasteiger partial charge in [0.2, 0.25) is 0 Å². The number of para-hydroxylation sites is 2. The van der Waals surface area contributed by atoms with Gasteiger partial charge in [0.15, 0.2) is 5.82 Å². The Morgan fingerprint density at radius 1 is 1.14 bits per heavy atom.